The molecule has 12 heteroatoms. The number of hydrogen-bond donors (Lipinski definition) is 6. The van der Waals surface area contributed by atoms with Crippen molar-refractivity contribution in [3.8, 4) is 45.8 Å². The zero-order chi connectivity index (χ0) is 30.0. The molecule has 0 bridgehead atoms. The largest absolute Gasteiger partial charge is 0.504 e. The summed E-state index contributed by atoms with van der Waals surface area (Å²) >= 11 is 0. The van der Waals surface area contributed by atoms with Gasteiger partial charge in [-0.15, -0.1) is 0 Å². The molecular weight excluding hydrogens is 544 g/mol. The lowest BCUT2D eigenvalue weighted by Crippen LogP contribution is -1.94. The van der Waals surface area contributed by atoms with E-state index in [4.69, 9.17) is 19.7 Å². The molecule has 2 heterocycles. The van der Waals surface area contributed by atoms with Gasteiger partial charge in [-0.25, -0.2) is 19.6 Å². The normalized spacial score (nSPS) is 10.7. The lowest BCUT2D eigenvalue weighted by molar-refractivity contribution is 0.0686. The lowest BCUT2D eigenvalue weighted by atomic mass is 10.2. The molecule has 4 aromatic carbocycles. The minimum Gasteiger partial charge on any atom is -0.504 e. The molecule has 0 saturated carbocycles. The summed E-state index contributed by atoms with van der Waals surface area (Å²) in [6.45, 7) is 0. The van der Waals surface area contributed by atoms with Crippen molar-refractivity contribution in [2.45, 2.75) is 0 Å². The number of H-pyrrole nitrogens is 2. The number of fused-ring (bicyclic) bond motifs is 2. The average Bonchev–Trinajstić information content (AvgIpc) is 3.61. The highest BCUT2D eigenvalue weighted by atomic mass is 16.5. The second-order valence-corrected chi connectivity index (χ2v) is 9.02. The summed E-state index contributed by atoms with van der Waals surface area (Å²) in [7, 11) is 2.94. The Kier molecular flexibility index (Phi) is 7.35. The van der Waals surface area contributed by atoms with Crippen LogP contribution in [0.2, 0.25) is 0 Å². The van der Waals surface area contributed by atoms with Crippen LogP contribution in [0.4, 0.5) is 0 Å². The summed E-state index contributed by atoms with van der Waals surface area (Å²) in [5.74, 6) is -0.0372. The first-order chi connectivity index (χ1) is 20.2. The minimum absolute atomic E-state index is 0.0468. The number of carbonyl (C=O) groups is 2. The maximum absolute atomic E-state index is 11.0. The lowest BCUT2D eigenvalue weighted by Gasteiger charge is -2.04. The van der Waals surface area contributed by atoms with E-state index in [1.807, 2.05) is 0 Å². The van der Waals surface area contributed by atoms with Gasteiger partial charge in [-0.05, 0) is 72.8 Å². The molecule has 6 rings (SSSR count). The van der Waals surface area contributed by atoms with Gasteiger partial charge in [0.2, 0.25) is 0 Å². The number of carboxylic acid groups (broad SMARTS) is 2. The number of phenols is 2. The summed E-state index contributed by atoms with van der Waals surface area (Å²) in [6.07, 6.45) is 0. The Bertz CT molecular complexity index is 1820. The third-order valence-electron chi connectivity index (χ3n) is 6.36. The van der Waals surface area contributed by atoms with Crippen molar-refractivity contribution >= 4 is 34.0 Å². The Balaban J connectivity index is 0.000000168. The number of aromatic hydroxyl groups is 2. The monoisotopic (exact) mass is 568 g/mol. The second-order valence-electron chi connectivity index (χ2n) is 9.02. The van der Waals surface area contributed by atoms with Gasteiger partial charge in [-0.2, -0.15) is 0 Å². The fourth-order valence-electron chi connectivity index (χ4n) is 4.21. The number of aromatic carboxylic acids is 2. The zero-order valence-corrected chi connectivity index (χ0v) is 22.2. The zero-order valence-electron chi connectivity index (χ0n) is 22.2. The third kappa shape index (κ3) is 5.49. The van der Waals surface area contributed by atoms with Crippen LogP contribution in [0, 0.1) is 0 Å². The van der Waals surface area contributed by atoms with Crippen LogP contribution in [-0.4, -0.2) is 66.5 Å². The quantitative estimate of drug-likeness (QED) is 0.154. The van der Waals surface area contributed by atoms with E-state index in [0.29, 0.717) is 45.2 Å². The van der Waals surface area contributed by atoms with E-state index in [0.717, 1.165) is 11.1 Å². The van der Waals surface area contributed by atoms with Gasteiger partial charge in [0.25, 0.3) is 0 Å². The smallest absolute Gasteiger partial charge is 0.335 e. The molecule has 0 amide bonds. The topological polar surface area (TPSA) is 191 Å². The number of nitrogens with zero attached hydrogens (tertiary/aromatic N) is 2. The van der Waals surface area contributed by atoms with E-state index in [1.165, 1.54) is 50.6 Å². The van der Waals surface area contributed by atoms with Crippen LogP contribution < -0.4 is 9.47 Å². The SMILES string of the molecule is COc1cc(-c2nc3ccc(C(=O)O)cc3[nH]2)ccc1O.COc1cc(-c2nc3ccc(C(=O)O)cc3[nH]2)ccc1O. The maximum atomic E-state index is 11.0. The van der Waals surface area contributed by atoms with Crippen LogP contribution in [-0.2, 0) is 0 Å². The van der Waals surface area contributed by atoms with Gasteiger partial charge in [-0.3, -0.25) is 0 Å². The number of rotatable bonds is 6. The molecule has 42 heavy (non-hydrogen) atoms. The first-order valence-electron chi connectivity index (χ1n) is 12.4. The maximum Gasteiger partial charge on any atom is 0.335 e. The Labute approximate surface area is 237 Å². The fraction of sp³-hybridized carbons (Fsp3) is 0.0667. The molecule has 0 aliphatic rings. The summed E-state index contributed by atoms with van der Waals surface area (Å²) in [5.41, 5.74) is 4.47. The van der Waals surface area contributed by atoms with E-state index in [1.54, 1.807) is 36.4 Å². The number of methoxy groups -OCH3 is 2. The van der Waals surface area contributed by atoms with Gasteiger partial charge in [0.15, 0.2) is 23.0 Å². The van der Waals surface area contributed by atoms with Crippen molar-refractivity contribution in [3.05, 3.63) is 83.9 Å². The summed E-state index contributed by atoms with van der Waals surface area (Å²) in [4.78, 5) is 36.9. The van der Waals surface area contributed by atoms with Crippen LogP contribution in [0.3, 0.4) is 0 Å². The molecule has 0 radical (unpaired) electrons. The van der Waals surface area contributed by atoms with Gasteiger partial charge >= 0.3 is 11.9 Å². The predicted octanol–water partition coefficient (Wildman–Crippen LogP) is 5.28. The molecule has 0 spiro atoms. The molecule has 0 fully saturated rings. The first kappa shape index (κ1) is 27.5. The first-order valence-corrected chi connectivity index (χ1v) is 12.4. The molecular formula is C30H24N4O8. The van der Waals surface area contributed by atoms with Crippen molar-refractivity contribution in [2.24, 2.45) is 0 Å². The number of ether oxygens (including phenoxy) is 2. The van der Waals surface area contributed by atoms with Gasteiger partial charge in [-0.1, -0.05) is 0 Å². The minimum atomic E-state index is -0.987. The van der Waals surface area contributed by atoms with Gasteiger partial charge < -0.3 is 39.9 Å². The summed E-state index contributed by atoms with van der Waals surface area (Å²) in [6, 6.07) is 19.1. The molecule has 0 aliphatic carbocycles. The highest BCUT2D eigenvalue weighted by Gasteiger charge is 2.12. The molecule has 2 aromatic heterocycles. The van der Waals surface area contributed by atoms with E-state index >= 15 is 0 Å². The van der Waals surface area contributed by atoms with Crippen molar-refractivity contribution in [3.63, 3.8) is 0 Å². The Morgan fingerprint density at radius 2 is 1.02 bits per heavy atom. The second kappa shape index (κ2) is 11.2. The molecule has 0 aliphatic heterocycles. The number of benzene rings is 4. The van der Waals surface area contributed by atoms with Crippen molar-refractivity contribution in [1.82, 2.24) is 19.9 Å². The number of carboxylic acids is 2. The third-order valence-corrected chi connectivity index (χ3v) is 6.36. The fourth-order valence-corrected chi connectivity index (χ4v) is 4.21. The van der Waals surface area contributed by atoms with Gasteiger partial charge in [0.05, 0.1) is 47.4 Å². The highest BCUT2D eigenvalue weighted by Crippen LogP contribution is 2.32. The van der Waals surface area contributed by atoms with Crippen LogP contribution >= 0.6 is 0 Å². The van der Waals surface area contributed by atoms with E-state index in [9.17, 15) is 19.8 Å². The number of hydrogen-bond acceptors (Lipinski definition) is 8. The molecule has 0 unspecified atom stereocenters. The molecule has 12 nitrogen and oxygen atoms in total. The highest BCUT2D eigenvalue weighted by molar-refractivity contribution is 5.94. The van der Waals surface area contributed by atoms with Crippen LogP contribution in [0.1, 0.15) is 20.7 Å². The Morgan fingerprint density at radius 1 is 0.619 bits per heavy atom. The van der Waals surface area contributed by atoms with Crippen molar-refractivity contribution in [1.29, 1.82) is 0 Å². The number of aromatic nitrogens is 4. The van der Waals surface area contributed by atoms with E-state index < -0.39 is 11.9 Å². The van der Waals surface area contributed by atoms with Crippen LogP contribution in [0.5, 0.6) is 23.0 Å². The number of aromatic amines is 2. The summed E-state index contributed by atoms with van der Waals surface area (Å²) < 4.78 is 10.1. The molecule has 6 N–H and O–H groups in total. The predicted molar refractivity (Wildman–Crippen MR) is 153 cm³/mol. The van der Waals surface area contributed by atoms with E-state index in [2.05, 4.69) is 19.9 Å². The van der Waals surface area contributed by atoms with Crippen molar-refractivity contribution in [2.75, 3.05) is 14.2 Å². The summed E-state index contributed by atoms with van der Waals surface area (Å²) in [5, 5.41) is 37.2. The van der Waals surface area contributed by atoms with Gasteiger partial charge in [0.1, 0.15) is 11.6 Å². The molecule has 0 atom stereocenters. The van der Waals surface area contributed by atoms with Crippen LogP contribution in [0.25, 0.3) is 44.8 Å². The molecule has 6 aromatic rings. The number of imidazole rings is 2. The molecule has 0 saturated heterocycles. The van der Waals surface area contributed by atoms with Crippen molar-refractivity contribution < 1.29 is 39.5 Å². The van der Waals surface area contributed by atoms with Crippen LogP contribution in [0.15, 0.2) is 72.8 Å². The number of phenolic OH excluding ortho intramolecular Hbond substituents is 2. The number of nitrogens with one attached hydrogen (secondary N) is 2. The molecule has 212 valence electrons. The Morgan fingerprint density at radius 3 is 1.38 bits per heavy atom. The standard InChI is InChI=1S/2C15H12N2O4/c2*1-21-13-7-8(3-5-12(13)18)14-16-10-4-2-9(15(19)20)6-11(10)17-14/h2*2-7,18H,1H3,(H,16,17)(H,19,20). The Hall–Kier alpha value is -6.04. The average molecular weight is 569 g/mol. The van der Waals surface area contributed by atoms with E-state index in [-0.39, 0.29) is 22.6 Å². The van der Waals surface area contributed by atoms with Gasteiger partial charge in [0, 0.05) is 11.1 Å².